The van der Waals surface area contributed by atoms with Crippen LogP contribution in [-0.4, -0.2) is 16.8 Å². The molecule has 3 N–H and O–H groups in total. The van der Waals surface area contributed by atoms with Crippen LogP contribution in [0.15, 0.2) is 11.4 Å². The van der Waals surface area contributed by atoms with Crippen LogP contribution >= 0.6 is 11.5 Å². The molecule has 0 radical (unpaired) electrons. The lowest BCUT2D eigenvalue weighted by Crippen LogP contribution is -2.28. The van der Waals surface area contributed by atoms with Crippen LogP contribution in [0.5, 0.6) is 0 Å². The number of aromatic nitrogens is 1. The summed E-state index contributed by atoms with van der Waals surface area (Å²) in [6.45, 7) is 0.809. The molecule has 11 heavy (non-hydrogen) atoms. The Labute approximate surface area is 68.6 Å². The summed E-state index contributed by atoms with van der Waals surface area (Å²) in [5, 5.41) is 4.75. The average Bonchev–Trinajstić information content (AvgIpc) is 2.39. The summed E-state index contributed by atoms with van der Waals surface area (Å²) in [4.78, 5) is 10.3. The highest BCUT2D eigenvalue weighted by Gasteiger charge is 1.95. The summed E-state index contributed by atoms with van der Waals surface area (Å²) in [5.74, 6) is -0.347. The van der Waals surface area contributed by atoms with Gasteiger partial charge in [0.05, 0.1) is 12.2 Å². The molecule has 0 unspecified atom stereocenters. The molecule has 0 saturated heterocycles. The number of rotatable bonds is 4. The van der Waals surface area contributed by atoms with E-state index in [-0.39, 0.29) is 12.5 Å². The third-order valence-electron chi connectivity index (χ3n) is 1.10. The van der Waals surface area contributed by atoms with Crippen molar-refractivity contribution in [3.05, 3.63) is 17.1 Å². The van der Waals surface area contributed by atoms with Gasteiger partial charge in [-0.25, -0.2) is 0 Å². The van der Waals surface area contributed by atoms with Gasteiger partial charge in [0.25, 0.3) is 0 Å². The second kappa shape index (κ2) is 4.05. The van der Waals surface area contributed by atoms with Crippen molar-refractivity contribution in [3.63, 3.8) is 0 Å². The fourth-order valence-corrected chi connectivity index (χ4v) is 1.18. The Balaban J connectivity index is 2.19. The molecule has 0 fully saturated rings. The van der Waals surface area contributed by atoms with Crippen molar-refractivity contribution in [1.29, 1.82) is 0 Å². The minimum atomic E-state index is -0.347. The zero-order chi connectivity index (χ0) is 8.10. The summed E-state index contributed by atoms with van der Waals surface area (Å²) < 4.78 is 4.04. The molecule has 0 aliphatic heterocycles. The lowest BCUT2D eigenvalue weighted by Gasteiger charge is -1.96. The molecule has 1 aromatic rings. The minimum absolute atomic E-state index is 0.206. The number of hydrogen-bond donors (Lipinski definition) is 2. The van der Waals surface area contributed by atoms with Gasteiger partial charge in [0.1, 0.15) is 0 Å². The lowest BCUT2D eigenvalue weighted by molar-refractivity contribution is -0.117. The predicted octanol–water partition coefficient (Wildman–Crippen LogP) is -0.282. The van der Waals surface area contributed by atoms with E-state index in [0.717, 1.165) is 5.69 Å². The Hall–Kier alpha value is -0.940. The standard InChI is InChI=1S/C6H9N3OS/c7-6(10)4-8-3-5-1-2-11-9-5/h1-2,8H,3-4H2,(H2,7,10). The smallest absolute Gasteiger partial charge is 0.231 e. The van der Waals surface area contributed by atoms with E-state index >= 15 is 0 Å². The first-order valence-electron chi connectivity index (χ1n) is 3.17. The van der Waals surface area contributed by atoms with E-state index in [2.05, 4.69) is 9.69 Å². The number of primary amides is 1. The van der Waals surface area contributed by atoms with Crippen molar-refractivity contribution >= 4 is 17.4 Å². The van der Waals surface area contributed by atoms with Crippen LogP contribution in [0.3, 0.4) is 0 Å². The molecule has 0 bridgehead atoms. The first-order valence-corrected chi connectivity index (χ1v) is 4.01. The van der Waals surface area contributed by atoms with Gasteiger partial charge >= 0.3 is 0 Å². The highest BCUT2D eigenvalue weighted by molar-refractivity contribution is 7.03. The SMILES string of the molecule is NC(=O)CNCc1ccsn1. The molecule has 5 heteroatoms. The maximum atomic E-state index is 10.3. The van der Waals surface area contributed by atoms with E-state index in [9.17, 15) is 4.79 Å². The third kappa shape index (κ3) is 3.10. The molecule has 1 aromatic heterocycles. The van der Waals surface area contributed by atoms with Gasteiger partial charge in [-0.2, -0.15) is 4.37 Å². The molecular weight excluding hydrogens is 162 g/mol. The average molecular weight is 171 g/mol. The molecule has 60 valence electrons. The van der Waals surface area contributed by atoms with Gasteiger partial charge < -0.3 is 11.1 Å². The molecule has 0 atom stereocenters. The summed E-state index contributed by atoms with van der Waals surface area (Å²) in [6, 6.07) is 1.90. The summed E-state index contributed by atoms with van der Waals surface area (Å²) >= 11 is 1.39. The second-order valence-corrected chi connectivity index (χ2v) is 2.73. The fourth-order valence-electron chi connectivity index (χ4n) is 0.642. The Morgan fingerprint density at radius 1 is 1.82 bits per heavy atom. The van der Waals surface area contributed by atoms with Crippen molar-refractivity contribution in [2.24, 2.45) is 5.73 Å². The normalized spacial score (nSPS) is 9.82. The van der Waals surface area contributed by atoms with Crippen molar-refractivity contribution < 1.29 is 4.79 Å². The van der Waals surface area contributed by atoms with Crippen molar-refractivity contribution in [2.75, 3.05) is 6.54 Å². The zero-order valence-corrected chi connectivity index (χ0v) is 6.73. The number of nitrogens with two attached hydrogens (primary N) is 1. The molecule has 0 aromatic carbocycles. The molecule has 1 rings (SSSR count). The van der Waals surface area contributed by atoms with Crippen LogP contribution in [0, 0.1) is 0 Å². The first-order chi connectivity index (χ1) is 5.29. The number of hydrogen-bond acceptors (Lipinski definition) is 4. The lowest BCUT2D eigenvalue weighted by atomic mass is 10.4. The van der Waals surface area contributed by atoms with E-state index in [4.69, 9.17) is 5.73 Å². The maximum absolute atomic E-state index is 10.3. The largest absolute Gasteiger partial charge is 0.369 e. The first kappa shape index (κ1) is 8.16. The van der Waals surface area contributed by atoms with Gasteiger partial charge in [-0.15, -0.1) is 0 Å². The van der Waals surface area contributed by atoms with Crippen molar-refractivity contribution in [2.45, 2.75) is 6.54 Å². The number of carbonyl (C=O) groups excluding carboxylic acids is 1. The monoisotopic (exact) mass is 171 g/mol. The number of nitrogens with zero attached hydrogens (tertiary/aromatic N) is 1. The quantitative estimate of drug-likeness (QED) is 0.654. The molecule has 1 heterocycles. The van der Waals surface area contributed by atoms with Gasteiger partial charge in [-0.3, -0.25) is 4.79 Å². The number of amides is 1. The zero-order valence-electron chi connectivity index (χ0n) is 5.91. The predicted molar refractivity (Wildman–Crippen MR) is 43.0 cm³/mol. The highest BCUT2D eigenvalue weighted by Crippen LogP contribution is 1.97. The highest BCUT2D eigenvalue weighted by atomic mass is 32.1. The minimum Gasteiger partial charge on any atom is -0.369 e. The van der Waals surface area contributed by atoms with Crippen LogP contribution < -0.4 is 11.1 Å². The van der Waals surface area contributed by atoms with E-state index in [1.807, 2.05) is 11.4 Å². The third-order valence-corrected chi connectivity index (χ3v) is 1.69. The van der Waals surface area contributed by atoms with Crippen molar-refractivity contribution in [1.82, 2.24) is 9.69 Å². The van der Waals surface area contributed by atoms with Gasteiger partial charge in [-0.05, 0) is 17.6 Å². The van der Waals surface area contributed by atoms with Crippen LogP contribution in [0.1, 0.15) is 5.69 Å². The molecule has 0 aliphatic carbocycles. The van der Waals surface area contributed by atoms with Crippen LogP contribution in [0.25, 0.3) is 0 Å². The molecule has 0 saturated carbocycles. The molecule has 4 nitrogen and oxygen atoms in total. The van der Waals surface area contributed by atoms with E-state index < -0.39 is 0 Å². The van der Waals surface area contributed by atoms with Crippen molar-refractivity contribution in [3.8, 4) is 0 Å². The van der Waals surface area contributed by atoms with Gasteiger partial charge in [0.15, 0.2) is 0 Å². The van der Waals surface area contributed by atoms with Gasteiger partial charge in [-0.1, -0.05) is 0 Å². The van der Waals surface area contributed by atoms with E-state index in [1.165, 1.54) is 11.5 Å². The van der Waals surface area contributed by atoms with E-state index in [0.29, 0.717) is 6.54 Å². The topological polar surface area (TPSA) is 68.0 Å². The van der Waals surface area contributed by atoms with E-state index in [1.54, 1.807) is 0 Å². The number of carbonyl (C=O) groups is 1. The molecule has 1 amide bonds. The fraction of sp³-hybridized carbons (Fsp3) is 0.333. The Kier molecular flexibility index (Phi) is 3.00. The van der Waals surface area contributed by atoms with Crippen LogP contribution in [-0.2, 0) is 11.3 Å². The Morgan fingerprint density at radius 2 is 2.64 bits per heavy atom. The van der Waals surface area contributed by atoms with Gasteiger partial charge in [0, 0.05) is 11.9 Å². The van der Waals surface area contributed by atoms with Crippen LogP contribution in [0.2, 0.25) is 0 Å². The molecular formula is C6H9N3OS. The molecule has 0 aliphatic rings. The second-order valence-electron chi connectivity index (χ2n) is 2.06. The molecule has 0 spiro atoms. The Morgan fingerprint density at radius 3 is 3.18 bits per heavy atom. The summed E-state index contributed by atoms with van der Waals surface area (Å²) in [5.41, 5.74) is 5.85. The van der Waals surface area contributed by atoms with Crippen LogP contribution in [0.4, 0.5) is 0 Å². The van der Waals surface area contributed by atoms with Gasteiger partial charge in [0.2, 0.25) is 5.91 Å². The summed E-state index contributed by atoms with van der Waals surface area (Å²) in [6.07, 6.45) is 0. The Bertz CT molecular complexity index is 222. The number of nitrogens with one attached hydrogen (secondary N) is 1. The summed E-state index contributed by atoms with van der Waals surface area (Å²) in [7, 11) is 0. The maximum Gasteiger partial charge on any atom is 0.231 e.